The van der Waals surface area contributed by atoms with Gasteiger partial charge in [0.25, 0.3) is 5.91 Å². The molecule has 1 aromatic heterocycles. The number of carbonyl (C=O) groups excluding carboxylic acids is 1. The summed E-state index contributed by atoms with van der Waals surface area (Å²) in [7, 11) is 1.76. The predicted octanol–water partition coefficient (Wildman–Crippen LogP) is 0.952. The maximum Gasteiger partial charge on any atom is 0.251 e. The molecule has 158 valence electrons. The molecule has 1 aromatic carbocycles. The van der Waals surface area contributed by atoms with Crippen molar-refractivity contribution in [1.29, 1.82) is 0 Å². The third kappa shape index (κ3) is 6.13. The molecule has 2 heterocycles. The van der Waals surface area contributed by atoms with Crippen LogP contribution in [-0.2, 0) is 13.0 Å². The van der Waals surface area contributed by atoms with Crippen molar-refractivity contribution >= 4 is 17.6 Å². The van der Waals surface area contributed by atoms with E-state index >= 15 is 0 Å². The summed E-state index contributed by atoms with van der Waals surface area (Å²) >= 11 is 0. The molecule has 0 spiro atoms. The summed E-state index contributed by atoms with van der Waals surface area (Å²) in [6.07, 6.45) is 5.08. The van der Waals surface area contributed by atoms with E-state index in [4.69, 9.17) is 5.73 Å². The second-order valence-corrected chi connectivity index (χ2v) is 7.18. The Labute approximate surface area is 176 Å². The van der Waals surface area contributed by atoms with E-state index in [-0.39, 0.29) is 18.3 Å². The summed E-state index contributed by atoms with van der Waals surface area (Å²) < 4.78 is 0. The maximum atomic E-state index is 12.4. The van der Waals surface area contributed by atoms with E-state index in [1.807, 2.05) is 6.07 Å². The number of hydrogen-bond acceptors (Lipinski definition) is 6. The number of amidine groups is 1. The van der Waals surface area contributed by atoms with Gasteiger partial charge in [0, 0.05) is 45.0 Å². The minimum Gasteiger partial charge on any atom is -0.394 e. The zero-order chi connectivity index (χ0) is 21.3. The number of benzene rings is 1. The van der Waals surface area contributed by atoms with Gasteiger partial charge in [-0.3, -0.25) is 9.69 Å². The van der Waals surface area contributed by atoms with Gasteiger partial charge in [0.1, 0.15) is 5.84 Å². The summed E-state index contributed by atoms with van der Waals surface area (Å²) in [6, 6.07) is 11.5. The first kappa shape index (κ1) is 21.5. The van der Waals surface area contributed by atoms with Crippen molar-refractivity contribution in [2.45, 2.75) is 19.1 Å². The number of aliphatic imine (C=N–C) groups is 1. The number of hydrogen-bond donors (Lipinski definition) is 4. The quantitative estimate of drug-likeness (QED) is 0.382. The van der Waals surface area contributed by atoms with Crippen LogP contribution >= 0.6 is 0 Å². The van der Waals surface area contributed by atoms with E-state index in [2.05, 4.69) is 43.7 Å². The molecule has 2 aromatic rings. The normalized spacial score (nSPS) is 15.6. The number of fused-ring (bicyclic) bond motifs is 1. The van der Waals surface area contributed by atoms with Crippen molar-refractivity contribution in [3.05, 3.63) is 71.6 Å². The van der Waals surface area contributed by atoms with Crippen LogP contribution in [0.15, 0.2) is 59.9 Å². The average Bonchev–Trinajstić information content (AvgIpc) is 2.76. The van der Waals surface area contributed by atoms with Crippen molar-refractivity contribution < 1.29 is 9.90 Å². The van der Waals surface area contributed by atoms with Crippen molar-refractivity contribution in [2.24, 2.45) is 10.7 Å². The largest absolute Gasteiger partial charge is 0.394 e. The third-order valence-corrected chi connectivity index (χ3v) is 4.85. The van der Waals surface area contributed by atoms with E-state index in [0.29, 0.717) is 17.9 Å². The van der Waals surface area contributed by atoms with Gasteiger partial charge in [-0.2, -0.15) is 0 Å². The molecule has 5 N–H and O–H groups in total. The molecular weight excluding hydrogens is 380 g/mol. The minimum absolute atomic E-state index is 0.172. The van der Waals surface area contributed by atoms with Gasteiger partial charge in [-0.1, -0.05) is 24.3 Å². The molecule has 0 bridgehead atoms. The molecule has 0 saturated carbocycles. The molecule has 0 radical (unpaired) electrons. The Morgan fingerprint density at radius 2 is 2.17 bits per heavy atom. The number of pyridine rings is 1. The van der Waals surface area contributed by atoms with Gasteiger partial charge in [0.2, 0.25) is 0 Å². The highest BCUT2D eigenvalue weighted by Gasteiger charge is 2.19. The molecular formula is C22H28N6O2. The van der Waals surface area contributed by atoms with Crippen LogP contribution < -0.4 is 16.4 Å². The Kier molecular flexibility index (Phi) is 7.53. The van der Waals surface area contributed by atoms with E-state index < -0.39 is 6.10 Å². The highest BCUT2D eigenvalue weighted by atomic mass is 16.3. The van der Waals surface area contributed by atoms with Gasteiger partial charge >= 0.3 is 0 Å². The number of amides is 1. The summed E-state index contributed by atoms with van der Waals surface area (Å²) in [5.74, 6) is 0.322. The zero-order valence-corrected chi connectivity index (χ0v) is 17.1. The second kappa shape index (κ2) is 10.5. The Bertz CT molecular complexity index is 927. The van der Waals surface area contributed by atoms with Crippen molar-refractivity contribution in [2.75, 3.05) is 26.7 Å². The predicted molar refractivity (Wildman–Crippen MR) is 117 cm³/mol. The van der Waals surface area contributed by atoms with Gasteiger partial charge in [0.05, 0.1) is 6.10 Å². The minimum atomic E-state index is -0.652. The Morgan fingerprint density at radius 1 is 1.37 bits per heavy atom. The molecule has 0 saturated heterocycles. The fraction of sp³-hybridized carbons (Fsp3) is 0.318. The Morgan fingerprint density at radius 3 is 2.97 bits per heavy atom. The summed E-state index contributed by atoms with van der Waals surface area (Å²) in [6.45, 7) is 2.40. The lowest BCUT2D eigenvalue weighted by Crippen LogP contribution is -2.42. The number of aromatic nitrogens is 1. The standard InChI is InChI=1S/C22H28N6O2/c1-24-9-7-20(23)27-21-12-17(6-10-25-21)22(30)26-13-19(29)15-28-11-8-16-4-2-3-5-18(16)14-28/h2-7,9-10,12,19,24,29H,8,11,13-15H2,1H3,(H,26,30)(H2,23,25,27)/b9-7-. The van der Waals surface area contributed by atoms with Crippen LogP contribution in [0.3, 0.4) is 0 Å². The molecule has 3 rings (SSSR count). The fourth-order valence-corrected chi connectivity index (χ4v) is 3.34. The number of aliphatic hydroxyl groups is 1. The van der Waals surface area contributed by atoms with Crippen LogP contribution in [0.25, 0.3) is 0 Å². The topological polar surface area (TPSA) is 116 Å². The maximum absolute atomic E-state index is 12.4. The SMILES string of the molecule is CN/C=C\C(N)=Nc1cc(C(=O)NCC(O)CN2CCc3ccccc3C2)ccn1. The molecule has 0 fully saturated rings. The number of aliphatic hydroxyl groups excluding tert-OH is 1. The van der Waals surface area contributed by atoms with Crippen molar-refractivity contribution in [3.63, 3.8) is 0 Å². The number of nitrogens with two attached hydrogens (primary N) is 1. The Balaban J connectivity index is 1.50. The smallest absolute Gasteiger partial charge is 0.251 e. The summed E-state index contributed by atoms with van der Waals surface area (Å²) in [5.41, 5.74) is 8.86. The van der Waals surface area contributed by atoms with Crippen LogP contribution in [0, 0.1) is 0 Å². The second-order valence-electron chi connectivity index (χ2n) is 7.18. The van der Waals surface area contributed by atoms with Gasteiger partial charge in [-0.15, -0.1) is 0 Å². The monoisotopic (exact) mass is 408 g/mol. The Hall–Kier alpha value is -3.23. The number of nitrogens with one attached hydrogen (secondary N) is 2. The van der Waals surface area contributed by atoms with E-state index in [9.17, 15) is 9.90 Å². The van der Waals surface area contributed by atoms with Gasteiger partial charge < -0.3 is 21.5 Å². The van der Waals surface area contributed by atoms with Crippen LogP contribution in [0.4, 0.5) is 5.82 Å². The lowest BCUT2D eigenvalue weighted by molar-refractivity contribution is 0.0842. The average molecular weight is 409 g/mol. The molecule has 1 unspecified atom stereocenters. The van der Waals surface area contributed by atoms with Crippen molar-refractivity contribution in [3.8, 4) is 0 Å². The molecule has 30 heavy (non-hydrogen) atoms. The van der Waals surface area contributed by atoms with Crippen LogP contribution in [-0.4, -0.2) is 59.5 Å². The molecule has 8 heteroatoms. The lowest BCUT2D eigenvalue weighted by Gasteiger charge is -2.30. The highest BCUT2D eigenvalue weighted by Crippen LogP contribution is 2.18. The number of β-amino-alcohol motifs (C(OH)–C–C–N with tert-alkyl or cyclic N) is 1. The van der Waals surface area contributed by atoms with Crippen molar-refractivity contribution in [1.82, 2.24) is 20.5 Å². The van der Waals surface area contributed by atoms with Crippen LogP contribution in [0.1, 0.15) is 21.5 Å². The molecule has 8 nitrogen and oxygen atoms in total. The van der Waals surface area contributed by atoms with E-state index in [1.54, 1.807) is 31.5 Å². The molecule has 1 aliphatic rings. The van der Waals surface area contributed by atoms with Gasteiger partial charge in [-0.05, 0) is 42.0 Å². The van der Waals surface area contributed by atoms with Gasteiger partial charge in [0.15, 0.2) is 5.82 Å². The third-order valence-electron chi connectivity index (χ3n) is 4.85. The molecule has 0 aliphatic carbocycles. The first-order valence-corrected chi connectivity index (χ1v) is 9.94. The summed E-state index contributed by atoms with van der Waals surface area (Å²) in [4.78, 5) is 22.9. The molecule has 1 atom stereocenters. The molecule has 1 aliphatic heterocycles. The fourth-order valence-electron chi connectivity index (χ4n) is 3.34. The lowest BCUT2D eigenvalue weighted by atomic mass is 10.00. The van der Waals surface area contributed by atoms with Crippen LogP contribution in [0.5, 0.6) is 0 Å². The number of nitrogens with zero attached hydrogens (tertiary/aromatic N) is 3. The number of carbonyl (C=O) groups is 1. The van der Waals surface area contributed by atoms with E-state index in [1.165, 1.54) is 17.3 Å². The van der Waals surface area contributed by atoms with Gasteiger partial charge in [-0.25, -0.2) is 9.98 Å². The number of rotatable bonds is 8. The molecule has 1 amide bonds. The van der Waals surface area contributed by atoms with Crippen LogP contribution in [0.2, 0.25) is 0 Å². The zero-order valence-electron chi connectivity index (χ0n) is 17.1. The highest BCUT2D eigenvalue weighted by molar-refractivity contribution is 5.96. The first-order chi connectivity index (χ1) is 14.5. The van der Waals surface area contributed by atoms with E-state index in [0.717, 1.165) is 19.5 Å². The first-order valence-electron chi connectivity index (χ1n) is 9.94. The summed E-state index contributed by atoms with van der Waals surface area (Å²) in [5, 5.41) is 16.0.